The normalized spacial score (nSPS) is 14.4. The third kappa shape index (κ3) is 67.3. The van der Waals surface area contributed by atoms with Crippen LogP contribution in [0.3, 0.4) is 0 Å². The summed E-state index contributed by atoms with van der Waals surface area (Å²) in [4.78, 5) is 72.7. The first-order valence-electron chi connectivity index (χ1n) is 38.7. The Kier molecular flexibility index (Phi) is 63.1. The first-order valence-corrected chi connectivity index (χ1v) is 41.7. The van der Waals surface area contributed by atoms with Crippen LogP contribution in [0.15, 0.2) is 0 Å². The summed E-state index contributed by atoms with van der Waals surface area (Å²) in [6, 6.07) is 0. The molecule has 19 heteroatoms. The van der Waals surface area contributed by atoms with E-state index in [-0.39, 0.29) is 25.7 Å². The molecule has 0 aliphatic heterocycles. The maximum Gasteiger partial charge on any atom is 0.472 e. The fraction of sp³-hybridized carbons (Fsp3) is 0.947. The smallest absolute Gasteiger partial charge is 0.462 e. The number of aliphatic hydroxyl groups excluding tert-OH is 1. The summed E-state index contributed by atoms with van der Waals surface area (Å²) in [6.45, 7) is 14.1. The predicted octanol–water partition coefficient (Wildman–Crippen LogP) is 21.7. The van der Waals surface area contributed by atoms with Crippen LogP contribution in [0, 0.1) is 23.7 Å². The highest BCUT2D eigenvalue weighted by Gasteiger charge is 2.30. The van der Waals surface area contributed by atoms with E-state index in [1.165, 1.54) is 173 Å². The van der Waals surface area contributed by atoms with Gasteiger partial charge >= 0.3 is 39.5 Å². The topological polar surface area (TPSA) is 237 Å². The van der Waals surface area contributed by atoms with E-state index in [2.05, 4.69) is 55.4 Å². The largest absolute Gasteiger partial charge is 0.472 e. The lowest BCUT2D eigenvalue weighted by molar-refractivity contribution is -0.161. The Hall–Kier alpha value is -1.94. The number of esters is 4. The van der Waals surface area contributed by atoms with Gasteiger partial charge in [0.1, 0.15) is 19.3 Å². The van der Waals surface area contributed by atoms with E-state index in [1.54, 1.807) is 0 Å². The molecule has 0 spiro atoms. The zero-order valence-corrected chi connectivity index (χ0v) is 63.4. The molecule has 0 radical (unpaired) electrons. The van der Waals surface area contributed by atoms with Crippen molar-refractivity contribution in [1.29, 1.82) is 0 Å². The maximum atomic E-state index is 13.1. The highest BCUT2D eigenvalue weighted by molar-refractivity contribution is 7.47. The summed E-state index contributed by atoms with van der Waals surface area (Å²) in [5.41, 5.74) is 0. The molecule has 0 aromatic heterocycles. The van der Waals surface area contributed by atoms with Crippen molar-refractivity contribution in [2.24, 2.45) is 23.7 Å². The van der Waals surface area contributed by atoms with Crippen molar-refractivity contribution < 1.29 is 80.2 Å². The Morgan fingerprint density at radius 1 is 0.298 bits per heavy atom. The predicted molar refractivity (Wildman–Crippen MR) is 381 cm³/mol. The fourth-order valence-corrected chi connectivity index (χ4v) is 12.9. The van der Waals surface area contributed by atoms with Gasteiger partial charge in [-0.3, -0.25) is 37.3 Å². The van der Waals surface area contributed by atoms with Gasteiger partial charge in [-0.15, -0.1) is 0 Å². The summed E-state index contributed by atoms with van der Waals surface area (Å²) >= 11 is 0. The molecule has 3 unspecified atom stereocenters. The van der Waals surface area contributed by atoms with Crippen LogP contribution in [-0.2, 0) is 65.4 Å². The van der Waals surface area contributed by atoms with Crippen LogP contribution in [0.5, 0.6) is 0 Å². The molecular formula is C75H146O17P2. The van der Waals surface area contributed by atoms with Gasteiger partial charge < -0.3 is 33.8 Å². The van der Waals surface area contributed by atoms with Crippen molar-refractivity contribution in [2.75, 3.05) is 39.6 Å². The van der Waals surface area contributed by atoms with Crippen molar-refractivity contribution in [3.63, 3.8) is 0 Å². The lowest BCUT2D eigenvalue weighted by Gasteiger charge is -2.21. The van der Waals surface area contributed by atoms with E-state index in [4.69, 9.17) is 37.0 Å². The Balaban J connectivity index is 5.19. The van der Waals surface area contributed by atoms with Crippen molar-refractivity contribution in [2.45, 2.75) is 395 Å². The molecule has 0 fully saturated rings. The van der Waals surface area contributed by atoms with Gasteiger partial charge in [0.2, 0.25) is 0 Å². The quantitative estimate of drug-likeness (QED) is 0.0222. The first kappa shape index (κ1) is 92.1. The van der Waals surface area contributed by atoms with Gasteiger partial charge in [-0.1, -0.05) is 325 Å². The maximum absolute atomic E-state index is 13.1. The average Bonchev–Trinajstić information content (AvgIpc) is 1.27. The molecule has 0 aliphatic carbocycles. The number of ether oxygens (including phenoxy) is 4. The van der Waals surface area contributed by atoms with Crippen LogP contribution in [0.1, 0.15) is 376 Å². The fourth-order valence-electron chi connectivity index (χ4n) is 11.3. The minimum Gasteiger partial charge on any atom is -0.462 e. The van der Waals surface area contributed by atoms with Crippen LogP contribution in [0.2, 0.25) is 0 Å². The van der Waals surface area contributed by atoms with E-state index in [0.717, 1.165) is 120 Å². The van der Waals surface area contributed by atoms with Crippen molar-refractivity contribution in [3.8, 4) is 0 Å². The van der Waals surface area contributed by atoms with E-state index < -0.39 is 97.5 Å². The van der Waals surface area contributed by atoms with E-state index in [1.807, 2.05) is 0 Å². The number of unbranched alkanes of at least 4 members (excludes halogenated alkanes) is 37. The second-order valence-electron chi connectivity index (χ2n) is 28.7. The molecular weight excluding hydrogens is 1230 g/mol. The lowest BCUT2D eigenvalue weighted by Crippen LogP contribution is -2.30. The van der Waals surface area contributed by atoms with Gasteiger partial charge in [0.05, 0.1) is 26.4 Å². The number of hydrogen-bond donors (Lipinski definition) is 3. The number of phosphoric acid groups is 2. The standard InChI is InChI=1S/C75H146O17P2/c1-9-68(8)54-46-38-33-34-40-48-56-73(78)86-62-71(92-75(80)58-50-42-32-24-20-22-28-36-44-52-66(4)5)64-90-94(83,84)88-60-69(76)59-87-93(81,82)89-63-70(61-85-72(77)55-47-39-30-26-25-29-37-45-53-67(6)7)91-74(79)57-49-41-31-23-19-17-15-13-11-10-12-14-16-18-21-27-35-43-51-65(2)3/h65-71,76H,9-64H2,1-8H3,(H,81,82)(H,83,84)/t68?,69-,70-,71-/m1/s1. The second kappa shape index (κ2) is 64.4. The third-order valence-electron chi connectivity index (χ3n) is 17.7. The van der Waals surface area contributed by atoms with Crippen LogP contribution >= 0.6 is 15.6 Å². The molecule has 17 nitrogen and oxygen atoms in total. The Labute approximate surface area is 575 Å². The highest BCUT2D eigenvalue weighted by atomic mass is 31.2. The van der Waals surface area contributed by atoms with Gasteiger partial charge in [0.15, 0.2) is 12.2 Å². The summed E-state index contributed by atoms with van der Waals surface area (Å²) in [5, 5.41) is 10.6. The zero-order chi connectivity index (χ0) is 69.6. The zero-order valence-electron chi connectivity index (χ0n) is 61.6. The molecule has 0 heterocycles. The number of hydrogen-bond acceptors (Lipinski definition) is 15. The van der Waals surface area contributed by atoms with Crippen molar-refractivity contribution >= 4 is 39.5 Å². The minimum atomic E-state index is -4.96. The van der Waals surface area contributed by atoms with E-state index in [9.17, 15) is 43.2 Å². The SMILES string of the molecule is CCC(C)CCCCCCCCC(=O)OC[C@H](COP(=O)(O)OC[C@H](O)COP(=O)(O)OC[C@@H](COC(=O)CCCCCCCCCCC(C)C)OC(=O)CCCCCCCCCCCCCCCCCCCCC(C)C)OC(=O)CCCCCCCCCCCC(C)C. The molecule has 0 aromatic carbocycles. The first-order chi connectivity index (χ1) is 45.1. The van der Waals surface area contributed by atoms with Crippen molar-refractivity contribution in [3.05, 3.63) is 0 Å². The summed E-state index contributed by atoms with van der Waals surface area (Å²) in [6.07, 6.45) is 48.8. The summed E-state index contributed by atoms with van der Waals surface area (Å²) in [7, 11) is -9.91. The molecule has 94 heavy (non-hydrogen) atoms. The Morgan fingerprint density at radius 2 is 0.511 bits per heavy atom. The van der Waals surface area contributed by atoms with Gasteiger partial charge in [0.25, 0.3) is 0 Å². The third-order valence-corrected chi connectivity index (χ3v) is 19.6. The number of aliphatic hydroxyl groups is 1. The molecule has 0 aromatic rings. The molecule has 3 N–H and O–H groups in total. The van der Waals surface area contributed by atoms with E-state index in [0.29, 0.717) is 25.7 Å². The number of carbonyl (C=O) groups is 4. The number of rotatable bonds is 72. The van der Waals surface area contributed by atoms with Gasteiger partial charge in [-0.2, -0.15) is 0 Å². The summed E-state index contributed by atoms with van der Waals surface area (Å²) < 4.78 is 68.4. The number of carbonyl (C=O) groups excluding carboxylic acids is 4. The average molecular weight is 1380 g/mol. The molecule has 0 bridgehead atoms. The highest BCUT2D eigenvalue weighted by Crippen LogP contribution is 2.45. The lowest BCUT2D eigenvalue weighted by atomic mass is 10.00. The molecule has 0 rings (SSSR count). The number of phosphoric ester groups is 2. The van der Waals surface area contributed by atoms with Gasteiger partial charge in [-0.25, -0.2) is 9.13 Å². The summed E-state index contributed by atoms with van der Waals surface area (Å²) in [5.74, 6) is 0.888. The van der Waals surface area contributed by atoms with Crippen LogP contribution < -0.4 is 0 Å². The molecule has 0 saturated heterocycles. The van der Waals surface area contributed by atoms with Crippen molar-refractivity contribution in [1.82, 2.24) is 0 Å². The Morgan fingerprint density at radius 3 is 0.755 bits per heavy atom. The van der Waals surface area contributed by atoms with Crippen LogP contribution in [0.25, 0.3) is 0 Å². The Bertz CT molecular complexity index is 1850. The minimum absolute atomic E-state index is 0.104. The van der Waals surface area contributed by atoms with Crippen LogP contribution in [-0.4, -0.2) is 96.7 Å². The molecule has 0 aliphatic rings. The molecule has 0 amide bonds. The van der Waals surface area contributed by atoms with E-state index >= 15 is 0 Å². The monoisotopic (exact) mass is 1380 g/mol. The van der Waals surface area contributed by atoms with Gasteiger partial charge in [-0.05, 0) is 49.4 Å². The van der Waals surface area contributed by atoms with Crippen LogP contribution in [0.4, 0.5) is 0 Å². The second-order valence-corrected chi connectivity index (χ2v) is 31.6. The molecule has 6 atom stereocenters. The van der Waals surface area contributed by atoms with Gasteiger partial charge in [0, 0.05) is 25.7 Å². The molecule has 0 saturated carbocycles. The molecule has 558 valence electrons.